The van der Waals surface area contributed by atoms with Crippen LogP contribution in [0.3, 0.4) is 0 Å². The largest absolute Gasteiger partial charge is 0.343 e. The van der Waals surface area contributed by atoms with Crippen molar-refractivity contribution in [3.63, 3.8) is 0 Å². The van der Waals surface area contributed by atoms with Crippen molar-refractivity contribution in [3.05, 3.63) is 91.8 Å². The first-order valence-electron chi connectivity index (χ1n) is 10.1. The maximum atomic E-state index is 13.2. The molecule has 164 valence electrons. The third-order valence-corrected chi connectivity index (χ3v) is 6.48. The van der Waals surface area contributed by atoms with E-state index in [1.54, 1.807) is 24.4 Å². The molecule has 4 rings (SSSR count). The van der Waals surface area contributed by atoms with E-state index in [0.717, 1.165) is 32.4 Å². The SMILES string of the molecule is Cc1cc(NC(=O)Cn2ncc3c(C)n(Cc4ccc(F)cc4)c(C)c3c2=O)ccc1Br. The molecule has 0 saturated carbocycles. The molecule has 4 aromatic rings. The lowest BCUT2D eigenvalue weighted by molar-refractivity contribution is -0.117. The van der Waals surface area contributed by atoms with Crippen LogP contribution in [0.5, 0.6) is 0 Å². The summed E-state index contributed by atoms with van der Waals surface area (Å²) in [6.07, 6.45) is 1.62. The van der Waals surface area contributed by atoms with Gasteiger partial charge >= 0.3 is 0 Å². The number of benzene rings is 2. The van der Waals surface area contributed by atoms with Crippen molar-refractivity contribution in [2.24, 2.45) is 0 Å². The van der Waals surface area contributed by atoms with Crippen LogP contribution in [0.25, 0.3) is 10.8 Å². The summed E-state index contributed by atoms with van der Waals surface area (Å²) in [7, 11) is 0. The van der Waals surface area contributed by atoms with Gasteiger partial charge in [-0.3, -0.25) is 9.59 Å². The first kappa shape index (κ1) is 22.0. The number of hydrogen-bond acceptors (Lipinski definition) is 3. The van der Waals surface area contributed by atoms with Crippen LogP contribution in [0.4, 0.5) is 10.1 Å². The van der Waals surface area contributed by atoms with E-state index in [2.05, 4.69) is 26.3 Å². The van der Waals surface area contributed by atoms with Crippen LogP contribution in [0.15, 0.2) is 57.9 Å². The quantitative estimate of drug-likeness (QED) is 0.434. The summed E-state index contributed by atoms with van der Waals surface area (Å²) in [5, 5.41) is 8.31. The number of carbonyl (C=O) groups excluding carboxylic acids is 1. The molecule has 32 heavy (non-hydrogen) atoms. The van der Waals surface area contributed by atoms with Crippen molar-refractivity contribution < 1.29 is 9.18 Å². The number of nitrogens with zero attached hydrogens (tertiary/aromatic N) is 3. The Labute approximate surface area is 192 Å². The Bertz CT molecular complexity index is 1390. The minimum absolute atomic E-state index is 0.189. The molecule has 2 aromatic heterocycles. The number of halogens is 2. The molecule has 0 fully saturated rings. The molecule has 0 saturated heterocycles. The van der Waals surface area contributed by atoms with Gasteiger partial charge in [-0.15, -0.1) is 0 Å². The van der Waals surface area contributed by atoms with Gasteiger partial charge in [0.1, 0.15) is 12.4 Å². The van der Waals surface area contributed by atoms with Crippen LogP contribution in [0.1, 0.15) is 22.5 Å². The van der Waals surface area contributed by atoms with Crippen LogP contribution in [-0.2, 0) is 17.9 Å². The average Bonchev–Trinajstić information content (AvgIpc) is 2.99. The van der Waals surface area contributed by atoms with E-state index >= 15 is 0 Å². The highest BCUT2D eigenvalue weighted by molar-refractivity contribution is 9.10. The first-order chi connectivity index (χ1) is 15.2. The molecule has 0 spiro atoms. The zero-order chi connectivity index (χ0) is 23.0. The summed E-state index contributed by atoms with van der Waals surface area (Å²) in [5.41, 5.74) is 3.94. The minimum Gasteiger partial charge on any atom is -0.343 e. The normalized spacial score (nSPS) is 11.2. The topological polar surface area (TPSA) is 68.9 Å². The van der Waals surface area contributed by atoms with E-state index in [9.17, 15) is 14.0 Å². The summed E-state index contributed by atoms with van der Waals surface area (Å²) < 4.78 is 17.4. The molecule has 0 atom stereocenters. The molecule has 0 aliphatic carbocycles. The van der Waals surface area contributed by atoms with Gasteiger partial charge in [0.05, 0.1) is 11.6 Å². The number of hydrogen-bond donors (Lipinski definition) is 1. The summed E-state index contributed by atoms with van der Waals surface area (Å²) in [4.78, 5) is 25.7. The lowest BCUT2D eigenvalue weighted by Crippen LogP contribution is -2.29. The highest BCUT2D eigenvalue weighted by Gasteiger charge is 2.17. The molecule has 0 radical (unpaired) electrons. The van der Waals surface area contributed by atoms with E-state index < -0.39 is 0 Å². The zero-order valence-electron chi connectivity index (χ0n) is 17.9. The molecule has 0 aliphatic rings. The van der Waals surface area contributed by atoms with Gasteiger partial charge in [-0.1, -0.05) is 28.1 Å². The molecule has 6 nitrogen and oxygen atoms in total. The average molecular weight is 497 g/mol. The molecule has 2 aromatic carbocycles. The summed E-state index contributed by atoms with van der Waals surface area (Å²) in [5.74, 6) is -0.621. The van der Waals surface area contributed by atoms with Crippen molar-refractivity contribution in [2.75, 3.05) is 5.32 Å². The third kappa shape index (κ3) is 4.23. The second-order valence-corrected chi connectivity index (χ2v) is 8.65. The van der Waals surface area contributed by atoms with Gasteiger partial charge in [0.2, 0.25) is 5.91 Å². The maximum absolute atomic E-state index is 13.2. The first-order valence-corrected chi connectivity index (χ1v) is 10.9. The van der Waals surface area contributed by atoms with Crippen molar-refractivity contribution in [3.8, 4) is 0 Å². The minimum atomic E-state index is -0.333. The van der Waals surface area contributed by atoms with Crippen molar-refractivity contribution in [1.29, 1.82) is 0 Å². The smallest absolute Gasteiger partial charge is 0.276 e. The van der Waals surface area contributed by atoms with Gasteiger partial charge in [0, 0.05) is 33.5 Å². The van der Waals surface area contributed by atoms with Gasteiger partial charge in [-0.2, -0.15) is 5.10 Å². The van der Waals surface area contributed by atoms with Crippen LogP contribution in [-0.4, -0.2) is 20.3 Å². The molecule has 0 bridgehead atoms. The predicted octanol–water partition coefficient (Wildman–Crippen LogP) is 4.71. The van der Waals surface area contributed by atoms with E-state index in [4.69, 9.17) is 0 Å². The number of amides is 1. The highest BCUT2D eigenvalue weighted by atomic mass is 79.9. The molecule has 1 amide bonds. The van der Waals surface area contributed by atoms with Crippen molar-refractivity contribution in [2.45, 2.75) is 33.9 Å². The number of aromatic nitrogens is 3. The summed E-state index contributed by atoms with van der Waals surface area (Å²) in [6.45, 7) is 6.05. The Morgan fingerprint density at radius 2 is 1.81 bits per heavy atom. The Balaban J connectivity index is 1.62. The number of aryl methyl sites for hydroxylation is 3. The third-order valence-electron chi connectivity index (χ3n) is 5.59. The van der Waals surface area contributed by atoms with Gasteiger partial charge in [0.25, 0.3) is 5.56 Å². The Morgan fingerprint density at radius 1 is 1.09 bits per heavy atom. The molecular formula is C24H22BrFN4O2. The molecule has 0 unspecified atom stereocenters. The molecule has 0 aliphatic heterocycles. The predicted molar refractivity (Wildman–Crippen MR) is 126 cm³/mol. The van der Waals surface area contributed by atoms with Gasteiger partial charge in [-0.05, 0) is 62.2 Å². The van der Waals surface area contributed by atoms with Gasteiger partial charge in [-0.25, -0.2) is 9.07 Å². The second-order valence-electron chi connectivity index (χ2n) is 7.79. The second kappa shape index (κ2) is 8.70. The Kier molecular flexibility index (Phi) is 5.97. The fourth-order valence-corrected chi connectivity index (χ4v) is 4.07. The van der Waals surface area contributed by atoms with Crippen LogP contribution in [0.2, 0.25) is 0 Å². The lowest BCUT2D eigenvalue weighted by Gasteiger charge is -2.09. The van der Waals surface area contributed by atoms with Crippen LogP contribution >= 0.6 is 15.9 Å². The number of fused-ring (bicyclic) bond motifs is 1. The van der Waals surface area contributed by atoms with E-state index in [0.29, 0.717) is 17.6 Å². The monoisotopic (exact) mass is 496 g/mol. The van der Waals surface area contributed by atoms with E-state index in [-0.39, 0.29) is 23.8 Å². The standard InChI is InChI=1S/C24H22BrFN4O2/c1-14-10-19(8-9-21(14)25)28-22(31)13-30-24(32)23-16(3)29(15(2)20(23)11-27-30)12-17-4-6-18(26)7-5-17/h4-11H,12-13H2,1-3H3,(H,28,31). The number of carbonyl (C=O) groups is 1. The molecule has 8 heteroatoms. The van der Waals surface area contributed by atoms with E-state index in [1.165, 1.54) is 16.8 Å². The van der Waals surface area contributed by atoms with Crippen molar-refractivity contribution >= 4 is 38.3 Å². The maximum Gasteiger partial charge on any atom is 0.276 e. The number of nitrogens with one attached hydrogen (secondary N) is 1. The molecular weight excluding hydrogens is 475 g/mol. The van der Waals surface area contributed by atoms with Gasteiger partial charge < -0.3 is 9.88 Å². The van der Waals surface area contributed by atoms with Crippen LogP contribution in [0, 0.1) is 26.6 Å². The Hall–Kier alpha value is -3.26. The molecule has 2 heterocycles. The summed E-state index contributed by atoms with van der Waals surface area (Å²) >= 11 is 3.43. The molecule has 1 N–H and O–H groups in total. The Morgan fingerprint density at radius 3 is 2.50 bits per heavy atom. The lowest BCUT2D eigenvalue weighted by atomic mass is 10.2. The number of anilines is 1. The van der Waals surface area contributed by atoms with E-state index in [1.807, 2.05) is 37.5 Å². The fraction of sp³-hybridized carbons (Fsp3) is 0.208. The zero-order valence-corrected chi connectivity index (χ0v) is 19.5. The van der Waals surface area contributed by atoms with Gasteiger partial charge in [0.15, 0.2) is 0 Å². The summed E-state index contributed by atoms with van der Waals surface area (Å²) in [6, 6.07) is 11.8. The highest BCUT2D eigenvalue weighted by Crippen LogP contribution is 2.23. The van der Waals surface area contributed by atoms with Crippen molar-refractivity contribution in [1.82, 2.24) is 14.3 Å². The number of rotatable bonds is 5. The van der Waals surface area contributed by atoms with Crippen LogP contribution < -0.4 is 10.9 Å². The fourth-order valence-electron chi connectivity index (χ4n) is 3.83.